The normalized spacial score (nSPS) is 10.5. The molecule has 0 atom stereocenters. The summed E-state index contributed by atoms with van der Waals surface area (Å²) in [4.78, 5) is 41.6. The second kappa shape index (κ2) is 10.9. The second-order valence-electron chi connectivity index (χ2n) is 6.32. The van der Waals surface area contributed by atoms with Gasteiger partial charge in [0, 0.05) is 0 Å². The first kappa shape index (κ1) is 21.1. The van der Waals surface area contributed by atoms with Gasteiger partial charge in [-0.1, -0.05) is 39.0 Å². The molecular formula is C20H25N3O5. The number of benzene rings is 1. The number of nitrogens with zero attached hydrogens (tertiary/aromatic N) is 1. The van der Waals surface area contributed by atoms with Gasteiger partial charge in [0.2, 0.25) is 0 Å². The van der Waals surface area contributed by atoms with Crippen LogP contribution in [-0.2, 0) is 4.74 Å². The molecule has 0 radical (unpaired) electrons. The zero-order valence-corrected chi connectivity index (χ0v) is 15.9. The molecule has 0 aliphatic heterocycles. The van der Waals surface area contributed by atoms with E-state index in [1.54, 1.807) is 0 Å². The van der Waals surface area contributed by atoms with Crippen molar-refractivity contribution in [2.45, 2.75) is 45.4 Å². The Bertz CT molecular complexity index is 798. The minimum atomic E-state index is -0.788. The Morgan fingerprint density at radius 3 is 2.21 bits per heavy atom. The van der Waals surface area contributed by atoms with E-state index in [-0.39, 0.29) is 17.1 Å². The summed E-state index contributed by atoms with van der Waals surface area (Å²) in [6.07, 6.45) is 7.87. The number of hydrogen-bond donors (Lipinski definition) is 2. The molecule has 1 amide bonds. The molecule has 28 heavy (non-hydrogen) atoms. The molecule has 0 saturated carbocycles. The molecule has 2 aromatic rings. The summed E-state index contributed by atoms with van der Waals surface area (Å²) >= 11 is 0. The number of primary amides is 1. The van der Waals surface area contributed by atoms with Crippen LogP contribution in [0.5, 0.6) is 5.88 Å². The highest BCUT2D eigenvalue weighted by molar-refractivity contribution is 5.97. The predicted octanol–water partition coefficient (Wildman–Crippen LogP) is 3.25. The summed E-state index contributed by atoms with van der Waals surface area (Å²) in [5.74, 6) is -2.14. The molecule has 1 heterocycles. The van der Waals surface area contributed by atoms with Crippen LogP contribution < -0.4 is 10.5 Å². The number of nitrogens with two attached hydrogens (primary N) is 1. The van der Waals surface area contributed by atoms with Crippen LogP contribution in [0.15, 0.2) is 30.6 Å². The van der Waals surface area contributed by atoms with Gasteiger partial charge in [0.05, 0.1) is 24.1 Å². The minimum Gasteiger partial charge on any atom is -0.462 e. The van der Waals surface area contributed by atoms with Crippen molar-refractivity contribution in [2.75, 3.05) is 6.61 Å². The molecule has 0 bridgehead atoms. The van der Waals surface area contributed by atoms with E-state index in [0.717, 1.165) is 19.3 Å². The number of amides is 1. The van der Waals surface area contributed by atoms with Crippen molar-refractivity contribution in [1.82, 2.24) is 9.97 Å². The Labute approximate surface area is 163 Å². The number of nitrogens with one attached hydrogen (secondary N) is 1. The number of carbonyl (C=O) groups is 3. The van der Waals surface area contributed by atoms with E-state index >= 15 is 0 Å². The fourth-order valence-corrected chi connectivity index (χ4v) is 2.56. The second-order valence-corrected chi connectivity index (χ2v) is 6.32. The summed E-state index contributed by atoms with van der Waals surface area (Å²) in [5.41, 5.74) is 5.61. The third kappa shape index (κ3) is 6.22. The van der Waals surface area contributed by atoms with Crippen LogP contribution >= 0.6 is 0 Å². The lowest BCUT2D eigenvalue weighted by Crippen LogP contribution is -2.16. The molecule has 1 aromatic heterocycles. The molecule has 0 fully saturated rings. The number of imidazole rings is 1. The molecule has 0 saturated heterocycles. The van der Waals surface area contributed by atoms with Crippen molar-refractivity contribution >= 4 is 17.8 Å². The van der Waals surface area contributed by atoms with E-state index in [1.165, 1.54) is 49.9 Å². The molecule has 8 heteroatoms. The highest BCUT2D eigenvalue weighted by Crippen LogP contribution is 2.15. The van der Waals surface area contributed by atoms with E-state index in [4.69, 9.17) is 15.2 Å². The maximum absolute atomic E-state index is 12.1. The average molecular weight is 387 g/mol. The van der Waals surface area contributed by atoms with Crippen LogP contribution in [-0.4, -0.2) is 34.4 Å². The number of hydrogen-bond acceptors (Lipinski definition) is 6. The highest BCUT2D eigenvalue weighted by Gasteiger charge is 2.18. The smallest absolute Gasteiger partial charge is 0.344 e. The van der Waals surface area contributed by atoms with Crippen molar-refractivity contribution in [3.63, 3.8) is 0 Å². The van der Waals surface area contributed by atoms with Gasteiger partial charge in [0.25, 0.3) is 11.8 Å². The van der Waals surface area contributed by atoms with Gasteiger partial charge < -0.3 is 20.2 Å². The maximum Gasteiger partial charge on any atom is 0.344 e. The molecular weight excluding hydrogens is 362 g/mol. The van der Waals surface area contributed by atoms with Gasteiger partial charge in [0.1, 0.15) is 0 Å². The number of rotatable bonds is 11. The molecule has 0 unspecified atom stereocenters. The summed E-state index contributed by atoms with van der Waals surface area (Å²) < 4.78 is 10.3. The van der Waals surface area contributed by atoms with Crippen molar-refractivity contribution in [2.24, 2.45) is 5.73 Å². The van der Waals surface area contributed by atoms with Gasteiger partial charge in [-0.2, -0.15) is 0 Å². The van der Waals surface area contributed by atoms with Crippen molar-refractivity contribution in [3.05, 3.63) is 47.4 Å². The zero-order chi connectivity index (χ0) is 20.4. The lowest BCUT2D eigenvalue weighted by atomic mass is 10.1. The fourth-order valence-electron chi connectivity index (χ4n) is 2.56. The molecule has 0 aliphatic rings. The van der Waals surface area contributed by atoms with Gasteiger partial charge in [-0.25, -0.2) is 14.6 Å². The standard InChI is InChI=1S/C20H25N3O5/c1-2-3-4-5-6-7-12-27-19(25)14-8-10-15(11-9-14)20(26)28-18-16(17(21)24)22-13-23-18/h8-11,13H,2-7,12H2,1H3,(H2,21,24)(H,22,23). The van der Waals surface area contributed by atoms with Crippen LogP contribution in [0, 0.1) is 0 Å². The molecule has 3 N–H and O–H groups in total. The van der Waals surface area contributed by atoms with Gasteiger partial charge >= 0.3 is 11.9 Å². The van der Waals surface area contributed by atoms with E-state index in [0.29, 0.717) is 12.2 Å². The third-order valence-electron chi connectivity index (χ3n) is 4.13. The van der Waals surface area contributed by atoms with E-state index < -0.39 is 17.8 Å². The fraction of sp³-hybridized carbons (Fsp3) is 0.400. The molecule has 1 aromatic carbocycles. The van der Waals surface area contributed by atoms with Crippen molar-refractivity contribution < 1.29 is 23.9 Å². The summed E-state index contributed by atoms with van der Waals surface area (Å²) in [6.45, 7) is 2.55. The number of unbranched alkanes of at least 4 members (excludes halogenated alkanes) is 5. The van der Waals surface area contributed by atoms with Crippen LogP contribution in [0.1, 0.15) is 76.7 Å². The van der Waals surface area contributed by atoms with Crippen molar-refractivity contribution in [3.8, 4) is 5.88 Å². The van der Waals surface area contributed by atoms with Crippen LogP contribution in [0.4, 0.5) is 0 Å². The quantitative estimate of drug-likeness (QED) is 0.450. The number of aromatic amines is 1. The van der Waals surface area contributed by atoms with Crippen LogP contribution in [0.2, 0.25) is 0 Å². The number of carbonyl (C=O) groups excluding carboxylic acids is 3. The van der Waals surface area contributed by atoms with Gasteiger partial charge in [-0.05, 0) is 30.7 Å². The topological polar surface area (TPSA) is 124 Å². The number of ether oxygens (including phenoxy) is 2. The predicted molar refractivity (Wildman–Crippen MR) is 102 cm³/mol. The summed E-state index contributed by atoms with van der Waals surface area (Å²) in [5, 5.41) is 0. The first-order valence-electron chi connectivity index (χ1n) is 9.35. The van der Waals surface area contributed by atoms with Gasteiger partial charge in [0.15, 0.2) is 5.69 Å². The largest absolute Gasteiger partial charge is 0.462 e. The number of esters is 2. The Kier molecular flexibility index (Phi) is 8.20. The lowest BCUT2D eigenvalue weighted by molar-refractivity contribution is 0.0496. The maximum atomic E-state index is 12.1. The van der Waals surface area contributed by atoms with Gasteiger partial charge in [-0.15, -0.1) is 0 Å². The Balaban J connectivity index is 1.81. The first-order valence-corrected chi connectivity index (χ1v) is 9.35. The van der Waals surface area contributed by atoms with Gasteiger partial charge in [-0.3, -0.25) is 4.79 Å². The summed E-state index contributed by atoms with van der Waals surface area (Å²) in [7, 11) is 0. The number of aromatic nitrogens is 2. The molecule has 150 valence electrons. The molecule has 8 nitrogen and oxygen atoms in total. The Morgan fingerprint density at radius 2 is 1.57 bits per heavy atom. The first-order chi connectivity index (χ1) is 13.5. The van der Waals surface area contributed by atoms with E-state index in [1.807, 2.05) is 0 Å². The average Bonchev–Trinajstić information content (AvgIpc) is 3.15. The zero-order valence-electron chi connectivity index (χ0n) is 15.9. The summed E-state index contributed by atoms with van der Waals surface area (Å²) in [6, 6.07) is 5.86. The number of H-pyrrole nitrogens is 1. The van der Waals surface area contributed by atoms with E-state index in [9.17, 15) is 14.4 Å². The Morgan fingerprint density at radius 1 is 0.964 bits per heavy atom. The van der Waals surface area contributed by atoms with Crippen LogP contribution in [0.3, 0.4) is 0 Å². The molecule has 0 aliphatic carbocycles. The van der Waals surface area contributed by atoms with Crippen molar-refractivity contribution in [1.29, 1.82) is 0 Å². The minimum absolute atomic E-state index is 0.0942. The molecule has 2 rings (SSSR count). The van der Waals surface area contributed by atoms with Crippen LogP contribution in [0.25, 0.3) is 0 Å². The Hall–Kier alpha value is -3.16. The van der Waals surface area contributed by atoms with E-state index in [2.05, 4.69) is 16.9 Å². The molecule has 0 spiro atoms. The third-order valence-corrected chi connectivity index (χ3v) is 4.13. The lowest BCUT2D eigenvalue weighted by Gasteiger charge is -2.06. The monoisotopic (exact) mass is 387 g/mol. The highest BCUT2D eigenvalue weighted by atomic mass is 16.5. The SMILES string of the molecule is CCCCCCCCOC(=O)c1ccc(C(=O)Oc2nc[nH]c2C(N)=O)cc1.